The van der Waals surface area contributed by atoms with Crippen molar-refractivity contribution in [2.75, 3.05) is 6.54 Å². The molecule has 1 aliphatic rings. The van der Waals surface area contributed by atoms with Crippen LogP contribution in [-0.4, -0.2) is 44.6 Å². The van der Waals surface area contributed by atoms with Crippen LogP contribution in [0.1, 0.15) is 19.3 Å². The molecule has 6 heteroatoms. The molecule has 142 valence electrons. The van der Waals surface area contributed by atoms with Crippen molar-refractivity contribution in [2.45, 2.75) is 44.1 Å². The molecule has 3 aromatic rings. The van der Waals surface area contributed by atoms with Gasteiger partial charge in [0.05, 0.1) is 36.1 Å². The molecule has 1 aromatic heterocycles. The molecule has 2 heterocycles. The fraction of sp³-hybridized carbons (Fsp3) is 0.381. The van der Waals surface area contributed by atoms with Crippen LogP contribution >= 0.6 is 11.6 Å². The number of aromatic nitrogens is 2. The molecule has 1 saturated heterocycles. The van der Waals surface area contributed by atoms with Crippen LogP contribution in [0.4, 0.5) is 0 Å². The van der Waals surface area contributed by atoms with Crippen molar-refractivity contribution in [3.8, 4) is 11.1 Å². The summed E-state index contributed by atoms with van der Waals surface area (Å²) in [6, 6.07) is 13.8. The predicted molar refractivity (Wildman–Crippen MR) is 108 cm³/mol. The number of piperidine rings is 1. The smallest absolute Gasteiger partial charge is 0.0959 e. The van der Waals surface area contributed by atoms with E-state index >= 15 is 0 Å². The quantitative estimate of drug-likeness (QED) is 0.630. The van der Waals surface area contributed by atoms with Gasteiger partial charge in [0, 0.05) is 11.1 Å². The average Bonchev–Trinajstić information content (AvgIpc) is 3.06. The maximum absolute atomic E-state index is 10.6. The van der Waals surface area contributed by atoms with Crippen molar-refractivity contribution in [3.05, 3.63) is 53.8 Å². The lowest BCUT2D eigenvalue weighted by Gasteiger charge is -2.30. The summed E-state index contributed by atoms with van der Waals surface area (Å²) in [6.45, 7) is 1.34. The van der Waals surface area contributed by atoms with Crippen LogP contribution in [0.5, 0.6) is 0 Å². The van der Waals surface area contributed by atoms with Crippen LogP contribution in [0.2, 0.25) is 5.02 Å². The fourth-order valence-corrected chi connectivity index (χ4v) is 4.01. The Bertz CT molecular complexity index is 927. The lowest BCUT2D eigenvalue weighted by molar-refractivity contribution is 0.0547. The van der Waals surface area contributed by atoms with Gasteiger partial charge in [0.25, 0.3) is 0 Å². The van der Waals surface area contributed by atoms with Crippen LogP contribution in [0.3, 0.4) is 0 Å². The molecule has 1 fully saturated rings. The summed E-state index contributed by atoms with van der Waals surface area (Å²) in [4.78, 5) is 4.45. The normalized spacial score (nSPS) is 21.4. The van der Waals surface area contributed by atoms with Crippen LogP contribution in [0.25, 0.3) is 22.2 Å². The molecular formula is C21H24ClN3O2. The highest BCUT2D eigenvalue weighted by Crippen LogP contribution is 2.26. The summed E-state index contributed by atoms with van der Waals surface area (Å²) in [5.74, 6) is 0. The standard InChI is InChI=1S/C21H24ClN3O2/c22-16-4-1-3-14(9-16)15-6-7-18-20(10-15)25(13-24-18)12-17(26)11-19-21(27)5-2-8-23-19/h1,3-4,6-7,9-10,13,17,19,21,23,26-27H,2,5,8,11-12H2. The van der Waals surface area contributed by atoms with Crippen LogP contribution in [0.15, 0.2) is 48.8 Å². The molecule has 3 N–H and O–H groups in total. The first-order valence-electron chi connectivity index (χ1n) is 9.40. The predicted octanol–water partition coefficient (Wildman–Crippen LogP) is 3.22. The highest BCUT2D eigenvalue weighted by atomic mass is 35.5. The Labute approximate surface area is 163 Å². The van der Waals surface area contributed by atoms with Crippen molar-refractivity contribution in [1.82, 2.24) is 14.9 Å². The van der Waals surface area contributed by atoms with Gasteiger partial charge < -0.3 is 20.1 Å². The number of aliphatic hydroxyl groups is 2. The van der Waals surface area contributed by atoms with Gasteiger partial charge in [-0.3, -0.25) is 0 Å². The number of aliphatic hydroxyl groups excluding tert-OH is 2. The van der Waals surface area contributed by atoms with Gasteiger partial charge in [-0.05, 0) is 61.2 Å². The molecule has 2 aromatic carbocycles. The Hall–Kier alpha value is -1.92. The Morgan fingerprint density at radius 1 is 1.22 bits per heavy atom. The number of hydrogen-bond acceptors (Lipinski definition) is 4. The van der Waals surface area contributed by atoms with E-state index in [1.165, 1.54) is 0 Å². The summed E-state index contributed by atoms with van der Waals surface area (Å²) < 4.78 is 1.98. The van der Waals surface area contributed by atoms with Crippen LogP contribution in [0, 0.1) is 0 Å². The number of nitrogens with zero attached hydrogens (tertiary/aromatic N) is 2. The van der Waals surface area contributed by atoms with Crippen molar-refractivity contribution in [1.29, 1.82) is 0 Å². The molecular weight excluding hydrogens is 362 g/mol. The number of hydrogen-bond donors (Lipinski definition) is 3. The molecule has 0 saturated carbocycles. The monoisotopic (exact) mass is 385 g/mol. The topological polar surface area (TPSA) is 70.3 Å². The Balaban J connectivity index is 1.54. The highest BCUT2D eigenvalue weighted by Gasteiger charge is 2.25. The Morgan fingerprint density at radius 2 is 2.07 bits per heavy atom. The van der Waals surface area contributed by atoms with E-state index in [0.717, 1.165) is 41.5 Å². The lowest BCUT2D eigenvalue weighted by Crippen LogP contribution is -2.46. The zero-order valence-electron chi connectivity index (χ0n) is 15.1. The average molecular weight is 386 g/mol. The van der Waals surface area contributed by atoms with E-state index in [1.807, 2.05) is 41.0 Å². The lowest BCUT2D eigenvalue weighted by atomic mass is 9.96. The number of halogens is 1. The molecule has 3 atom stereocenters. The molecule has 1 aliphatic heterocycles. The number of fused-ring (bicyclic) bond motifs is 1. The maximum Gasteiger partial charge on any atom is 0.0959 e. The second kappa shape index (κ2) is 7.98. The largest absolute Gasteiger partial charge is 0.392 e. The zero-order valence-corrected chi connectivity index (χ0v) is 15.8. The summed E-state index contributed by atoms with van der Waals surface area (Å²) in [6.07, 6.45) is 3.12. The molecule has 0 bridgehead atoms. The van der Waals surface area contributed by atoms with Crippen molar-refractivity contribution < 1.29 is 10.2 Å². The summed E-state index contributed by atoms with van der Waals surface area (Å²) in [5.41, 5.74) is 3.98. The first kappa shape index (κ1) is 18.4. The minimum atomic E-state index is -0.553. The number of benzene rings is 2. The van der Waals surface area contributed by atoms with Gasteiger partial charge in [-0.25, -0.2) is 4.98 Å². The van der Waals surface area contributed by atoms with Gasteiger partial charge >= 0.3 is 0 Å². The van der Waals surface area contributed by atoms with E-state index < -0.39 is 6.10 Å². The molecule has 0 radical (unpaired) electrons. The first-order chi connectivity index (χ1) is 13.1. The summed E-state index contributed by atoms with van der Waals surface area (Å²) in [7, 11) is 0. The minimum absolute atomic E-state index is 0.0504. The van der Waals surface area contributed by atoms with Gasteiger partial charge in [0.1, 0.15) is 0 Å². The van der Waals surface area contributed by atoms with Crippen molar-refractivity contribution in [2.24, 2.45) is 0 Å². The second-order valence-electron chi connectivity index (χ2n) is 7.27. The Kier molecular flexibility index (Phi) is 5.45. The number of imidazole rings is 1. The third-order valence-corrected chi connectivity index (χ3v) is 5.50. The van der Waals surface area contributed by atoms with E-state index in [9.17, 15) is 10.2 Å². The molecule has 5 nitrogen and oxygen atoms in total. The first-order valence-corrected chi connectivity index (χ1v) is 9.78. The number of rotatable bonds is 5. The van der Waals surface area contributed by atoms with E-state index in [4.69, 9.17) is 11.6 Å². The van der Waals surface area contributed by atoms with Crippen molar-refractivity contribution in [3.63, 3.8) is 0 Å². The minimum Gasteiger partial charge on any atom is -0.392 e. The van der Waals surface area contributed by atoms with E-state index in [0.29, 0.717) is 18.0 Å². The SMILES string of the molecule is OC(CC1NCCCC1O)Cn1cnc2ccc(-c3cccc(Cl)c3)cc21. The molecule has 0 aliphatic carbocycles. The van der Waals surface area contributed by atoms with Gasteiger partial charge in [0.2, 0.25) is 0 Å². The van der Waals surface area contributed by atoms with Gasteiger partial charge in [0.15, 0.2) is 0 Å². The molecule has 4 rings (SSSR count). The Morgan fingerprint density at radius 3 is 2.89 bits per heavy atom. The molecule has 0 spiro atoms. The number of nitrogens with one attached hydrogen (secondary N) is 1. The van der Waals surface area contributed by atoms with E-state index in [2.05, 4.69) is 16.4 Å². The van der Waals surface area contributed by atoms with Crippen LogP contribution in [-0.2, 0) is 6.54 Å². The van der Waals surface area contributed by atoms with Gasteiger partial charge in [-0.1, -0.05) is 29.8 Å². The highest BCUT2D eigenvalue weighted by molar-refractivity contribution is 6.30. The van der Waals surface area contributed by atoms with E-state index in [1.54, 1.807) is 6.33 Å². The van der Waals surface area contributed by atoms with Gasteiger partial charge in [-0.2, -0.15) is 0 Å². The molecule has 27 heavy (non-hydrogen) atoms. The van der Waals surface area contributed by atoms with Crippen molar-refractivity contribution >= 4 is 22.6 Å². The summed E-state index contributed by atoms with van der Waals surface area (Å²) in [5, 5.41) is 24.7. The molecule has 0 amide bonds. The second-order valence-corrected chi connectivity index (χ2v) is 7.71. The molecule has 3 unspecified atom stereocenters. The van der Waals surface area contributed by atoms with E-state index in [-0.39, 0.29) is 12.1 Å². The third kappa shape index (κ3) is 4.17. The van der Waals surface area contributed by atoms with Gasteiger partial charge in [-0.15, -0.1) is 0 Å². The van der Waals surface area contributed by atoms with Crippen LogP contribution < -0.4 is 5.32 Å². The fourth-order valence-electron chi connectivity index (χ4n) is 3.82. The zero-order chi connectivity index (χ0) is 18.8. The summed E-state index contributed by atoms with van der Waals surface area (Å²) >= 11 is 6.12. The third-order valence-electron chi connectivity index (χ3n) is 5.26. The maximum atomic E-state index is 10.6.